The van der Waals surface area contributed by atoms with Crippen molar-refractivity contribution in [3.8, 4) is 0 Å². The first kappa shape index (κ1) is 19.1. The zero-order chi connectivity index (χ0) is 19.7. The maximum Gasteiger partial charge on any atom is 0.335 e. The van der Waals surface area contributed by atoms with E-state index >= 15 is 0 Å². The van der Waals surface area contributed by atoms with Gasteiger partial charge in [0, 0.05) is 22.6 Å². The molecule has 3 rings (SSSR count). The third-order valence-corrected chi connectivity index (χ3v) is 7.00. The fourth-order valence-electron chi connectivity index (χ4n) is 3.44. The van der Waals surface area contributed by atoms with Crippen LogP contribution in [0.5, 0.6) is 0 Å². The Bertz CT molecular complexity index is 1130. The number of hydrogen-bond acceptors (Lipinski definition) is 4. The van der Waals surface area contributed by atoms with Gasteiger partial charge in [-0.15, -0.1) is 0 Å². The molecule has 1 unspecified atom stereocenters. The lowest BCUT2D eigenvalue weighted by molar-refractivity contribution is -0.137. The number of nitrogens with zero attached hydrogens (tertiary/aromatic N) is 2. The fourth-order valence-corrected chi connectivity index (χ4v) is 5.53. The lowest BCUT2D eigenvalue weighted by Crippen LogP contribution is -2.41. The molecule has 27 heavy (non-hydrogen) atoms. The quantitative estimate of drug-likeness (QED) is 0.623. The van der Waals surface area contributed by atoms with Gasteiger partial charge < -0.3 is 10.8 Å². The van der Waals surface area contributed by atoms with Crippen LogP contribution in [0.2, 0.25) is 0 Å². The Morgan fingerprint density at radius 2 is 1.85 bits per heavy atom. The number of hydrogen-bond donors (Lipinski definition) is 2. The van der Waals surface area contributed by atoms with E-state index in [1.54, 1.807) is 4.57 Å². The number of carbonyl (C=O) groups is 1. The summed E-state index contributed by atoms with van der Waals surface area (Å²) in [6.45, 7) is 1.83. The predicted octanol–water partition coefficient (Wildman–Crippen LogP) is 1.54. The third-order valence-electron chi connectivity index (χ3n) is 4.78. The van der Waals surface area contributed by atoms with E-state index in [2.05, 4.69) is 0 Å². The molecule has 0 saturated carbocycles. The molecule has 0 aliphatic carbocycles. The highest BCUT2D eigenvalue weighted by Gasteiger charge is 2.29. The summed E-state index contributed by atoms with van der Waals surface area (Å²) in [5.74, 6) is -1.22. The number of aromatic nitrogens is 2. The van der Waals surface area contributed by atoms with Crippen molar-refractivity contribution < 1.29 is 9.90 Å². The first-order valence-corrected chi connectivity index (χ1v) is 10.2. The Morgan fingerprint density at radius 1 is 1.19 bits per heavy atom. The fraction of sp³-hybridized carbons (Fsp3) is 0.316. The Hall–Kier alpha value is -2.71. The molecule has 0 aliphatic heterocycles. The van der Waals surface area contributed by atoms with Crippen LogP contribution in [0.1, 0.15) is 16.0 Å². The summed E-state index contributed by atoms with van der Waals surface area (Å²) in [5, 5.41) is 9.57. The van der Waals surface area contributed by atoms with Gasteiger partial charge in [0.05, 0.1) is 6.54 Å². The minimum atomic E-state index is -1.22. The smallest absolute Gasteiger partial charge is 0.335 e. The number of benzene rings is 1. The maximum atomic E-state index is 13.0. The number of rotatable bonds is 6. The number of fused-ring (bicyclic) bond motifs is 1. The van der Waals surface area contributed by atoms with Crippen molar-refractivity contribution in [3.63, 3.8) is 0 Å². The first-order chi connectivity index (χ1) is 12.9. The van der Waals surface area contributed by atoms with Crippen LogP contribution in [-0.2, 0) is 37.1 Å². The molecular weight excluding hydrogens is 366 g/mol. The number of thiophene rings is 1. The predicted molar refractivity (Wildman–Crippen MR) is 106 cm³/mol. The van der Waals surface area contributed by atoms with E-state index in [0.717, 1.165) is 20.6 Å². The Balaban J connectivity index is 2.27. The van der Waals surface area contributed by atoms with E-state index in [1.807, 2.05) is 43.5 Å². The molecule has 3 N–H and O–H groups in total. The van der Waals surface area contributed by atoms with Crippen molar-refractivity contribution in [3.05, 3.63) is 67.2 Å². The second-order valence-corrected chi connectivity index (χ2v) is 8.30. The minimum Gasteiger partial charge on any atom is -0.480 e. The molecule has 2 aromatic heterocycles. The minimum absolute atomic E-state index is 0.297. The van der Waals surface area contributed by atoms with Gasteiger partial charge in [-0.2, -0.15) is 0 Å². The summed E-state index contributed by atoms with van der Waals surface area (Å²) in [6.07, 6.45) is 2.56. The van der Waals surface area contributed by atoms with E-state index < -0.39 is 34.2 Å². The molecule has 7 nitrogen and oxygen atoms in total. The SMILES string of the molecule is Cc1c(CN)[s+](C)c2c1c(=O)n(CC(=O)O)c(=O)n2CCc1ccccc1. The average Bonchev–Trinajstić information content (AvgIpc) is 2.89. The molecule has 0 aliphatic rings. The van der Waals surface area contributed by atoms with Crippen molar-refractivity contribution >= 4 is 26.7 Å². The summed E-state index contributed by atoms with van der Waals surface area (Å²) in [5.41, 5.74) is 6.57. The average molecular weight is 388 g/mol. The summed E-state index contributed by atoms with van der Waals surface area (Å²) < 4.78 is 2.37. The van der Waals surface area contributed by atoms with Gasteiger partial charge in [-0.05, 0) is 18.9 Å². The molecule has 1 atom stereocenters. The van der Waals surface area contributed by atoms with Crippen LogP contribution in [0.15, 0.2) is 39.9 Å². The number of carboxylic acids is 1. The van der Waals surface area contributed by atoms with Gasteiger partial charge in [-0.25, -0.2) is 13.9 Å². The highest BCUT2D eigenvalue weighted by molar-refractivity contribution is 7.35. The Morgan fingerprint density at radius 3 is 2.44 bits per heavy atom. The van der Waals surface area contributed by atoms with Crippen molar-refractivity contribution in [2.75, 3.05) is 0 Å². The molecule has 0 spiro atoms. The molecule has 3 aromatic rings. The maximum absolute atomic E-state index is 13.0. The van der Waals surface area contributed by atoms with Gasteiger partial charge in [0.1, 0.15) is 18.2 Å². The van der Waals surface area contributed by atoms with Gasteiger partial charge in [0.2, 0.25) is 0 Å². The Labute approximate surface area is 158 Å². The van der Waals surface area contributed by atoms with Crippen LogP contribution in [0.3, 0.4) is 0 Å². The summed E-state index contributed by atoms with van der Waals surface area (Å²) >= 11 is 0. The van der Waals surface area contributed by atoms with E-state index in [9.17, 15) is 14.4 Å². The largest absolute Gasteiger partial charge is 0.480 e. The number of aliphatic carboxylic acids is 1. The normalized spacial score (nSPS) is 11.9. The first-order valence-electron chi connectivity index (χ1n) is 8.56. The highest BCUT2D eigenvalue weighted by atomic mass is 32.2. The summed E-state index contributed by atoms with van der Waals surface area (Å²) in [4.78, 5) is 38.6. The number of nitrogens with two attached hydrogens (primary N) is 1. The number of carboxylic acid groups (broad SMARTS) is 1. The topological polar surface area (TPSA) is 107 Å². The lowest BCUT2D eigenvalue weighted by Gasteiger charge is -2.09. The van der Waals surface area contributed by atoms with Crippen LogP contribution >= 0.6 is 10.5 Å². The van der Waals surface area contributed by atoms with Gasteiger partial charge in [-0.3, -0.25) is 9.59 Å². The molecule has 0 radical (unpaired) electrons. The second kappa shape index (κ2) is 7.50. The summed E-state index contributed by atoms with van der Waals surface area (Å²) in [6, 6.07) is 9.72. The van der Waals surface area contributed by atoms with E-state index in [-0.39, 0.29) is 0 Å². The molecule has 0 fully saturated rings. The molecular formula is C19H22N3O4S+. The van der Waals surface area contributed by atoms with Crippen molar-refractivity contribution in [1.29, 1.82) is 0 Å². The third kappa shape index (κ3) is 3.33. The van der Waals surface area contributed by atoms with Crippen molar-refractivity contribution in [1.82, 2.24) is 9.13 Å². The van der Waals surface area contributed by atoms with Crippen LogP contribution in [0.4, 0.5) is 0 Å². The highest BCUT2D eigenvalue weighted by Crippen LogP contribution is 2.35. The molecule has 8 heteroatoms. The summed E-state index contributed by atoms with van der Waals surface area (Å²) in [7, 11) is -0.470. The van der Waals surface area contributed by atoms with Gasteiger partial charge in [-0.1, -0.05) is 30.3 Å². The monoisotopic (exact) mass is 388 g/mol. The van der Waals surface area contributed by atoms with Crippen LogP contribution in [0, 0.1) is 6.92 Å². The molecule has 0 bridgehead atoms. The number of aryl methyl sites for hydroxylation is 4. The van der Waals surface area contributed by atoms with Crippen molar-refractivity contribution in [2.24, 2.45) is 12.0 Å². The molecule has 2 heterocycles. The van der Waals surface area contributed by atoms with Crippen LogP contribution in [-0.4, -0.2) is 20.2 Å². The molecule has 0 saturated heterocycles. The van der Waals surface area contributed by atoms with Crippen molar-refractivity contribution in [2.45, 2.75) is 33.0 Å². The van der Waals surface area contributed by atoms with Gasteiger partial charge in [0.15, 0.2) is 4.88 Å². The molecule has 1 aromatic carbocycles. The van der Waals surface area contributed by atoms with Gasteiger partial charge >= 0.3 is 11.7 Å². The zero-order valence-electron chi connectivity index (χ0n) is 15.3. The van der Waals surface area contributed by atoms with Gasteiger partial charge in [0.25, 0.3) is 10.4 Å². The molecule has 142 valence electrons. The zero-order valence-corrected chi connectivity index (χ0v) is 16.1. The molecule has 0 amide bonds. The Kier molecular flexibility index (Phi) is 5.29. The second-order valence-electron chi connectivity index (χ2n) is 6.40. The standard InChI is InChI=1S/C19H21N3O4S/c1-12-14(10-20)27(2)18-16(12)17(25)22(11-15(23)24)19(26)21(18)9-8-13-6-4-3-5-7-13/h3-7H,8-11,20H2,1-2H3/p+1. The van der Waals surface area contributed by atoms with E-state index in [0.29, 0.717) is 29.7 Å². The van der Waals surface area contributed by atoms with Crippen LogP contribution in [0.25, 0.3) is 10.2 Å². The van der Waals surface area contributed by atoms with E-state index in [4.69, 9.17) is 10.8 Å². The lowest BCUT2D eigenvalue weighted by atomic mass is 10.1. The van der Waals surface area contributed by atoms with Crippen LogP contribution < -0.4 is 17.0 Å². The van der Waals surface area contributed by atoms with E-state index in [1.165, 1.54) is 0 Å².